The van der Waals surface area contributed by atoms with Crippen LogP contribution in [-0.2, 0) is 36.3 Å². The summed E-state index contributed by atoms with van der Waals surface area (Å²) in [6.45, 7) is 5.44. The third-order valence-corrected chi connectivity index (χ3v) is 5.38. The Morgan fingerprint density at radius 2 is 1.94 bits per heavy atom. The fourth-order valence-corrected chi connectivity index (χ4v) is 3.44. The molecule has 194 valence electrons. The molecule has 0 saturated carbocycles. The van der Waals surface area contributed by atoms with E-state index in [1.54, 1.807) is 45.0 Å². The van der Waals surface area contributed by atoms with E-state index < -0.39 is 31.7 Å². The fourth-order valence-electron chi connectivity index (χ4n) is 3.19. The predicted octanol–water partition coefficient (Wildman–Crippen LogP) is 1.51. The topological polar surface area (TPSA) is 181 Å². The number of nitrogens with two attached hydrogens (primary N) is 1. The average molecular weight is 522 g/mol. The first-order valence-corrected chi connectivity index (χ1v) is 11.7. The highest BCUT2D eigenvalue weighted by Gasteiger charge is 2.41. The summed E-state index contributed by atoms with van der Waals surface area (Å²) in [6, 6.07) is 6.79. The third kappa shape index (κ3) is 6.64. The van der Waals surface area contributed by atoms with Crippen molar-refractivity contribution in [2.45, 2.75) is 39.7 Å². The van der Waals surface area contributed by atoms with Gasteiger partial charge in [-0.1, -0.05) is 28.8 Å². The van der Waals surface area contributed by atoms with Crippen molar-refractivity contribution in [3.63, 3.8) is 0 Å². The van der Waals surface area contributed by atoms with Gasteiger partial charge >= 0.3 is 32.3 Å². The second-order valence-corrected chi connectivity index (χ2v) is 9.35. The van der Waals surface area contributed by atoms with Crippen LogP contribution in [0.15, 0.2) is 29.1 Å². The fraction of sp³-hybridized carbons (Fsp3) is 0.455. The third-order valence-electron chi connectivity index (χ3n) is 4.97. The second kappa shape index (κ2) is 11.1. The normalized spacial score (nSPS) is 13.6. The zero-order chi connectivity index (χ0) is 26.5. The van der Waals surface area contributed by atoms with E-state index >= 15 is 0 Å². The minimum atomic E-state index is -2.43. The molecule has 4 N–H and O–H groups in total. The molecule has 0 spiro atoms. The van der Waals surface area contributed by atoms with Crippen LogP contribution in [0.25, 0.3) is 11.2 Å². The molecule has 3 aromatic rings. The van der Waals surface area contributed by atoms with Crippen LogP contribution in [0.4, 0.5) is 5.82 Å². The summed E-state index contributed by atoms with van der Waals surface area (Å²) >= 11 is 0. The lowest BCUT2D eigenvalue weighted by Gasteiger charge is -2.25. The van der Waals surface area contributed by atoms with Gasteiger partial charge in [-0.05, 0) is 36.5 Å². The average Bonchev–Trinajstić information content (AvgIpc) is 3.09. The maximum atomic E-state index is 12.7. The Kier molecular flexibility index (Phi) is 8.41. The molecule has 2 atom stereocenters. The highest BCUT2D eigenvalue weighted by atomic mass is 31.1. The molecule has 2 heterocycles. The minimum absolute atomic E-state index is 0.000117. The van der Waals surface area contributed by atoms with Gasteiger partial charge in [0.1, 0.15) is 12.1 Å². The Morgan fingerprint density at radius 3 is 2.61 bits per heavy atom. The number of anilines is 1. The molecular weight excluding hydrogens is 493 g/mol. The number of carbonyl (C=O) groups excluding carboxylic acids is 1. The van der Waals surface area contributed by atoms with E-state index in [9.17, 15) is 19.3 Å². The Bertz CT molecular complexity index is 1300. The number of ether oxygens (including phenoxy) is 3. The first-order chi connectivity index (χ1) is 17.0. The van der Waals surface area contributed by atoms with E-state index in [2.05, 4.69) is 15.0 Å². The molecule has 0 aliphatic rings. The van der Waals surface area contributed by atoms with Crippen LogP contribution in [-0.4, -0.2) is 56.9 Å². The number of nitrogens with one attached hydrogen (secondary N) is 1. The number of aliphatic hydroxyl groups is 1. The molecule has 0 fully saturated rings. The van der Waals surface area contributed by atoms with Gasteiger partial charge in [0.25, 0.3) is 0 Å². The van der Waals surface area contributed by atoms with E-state index in [1.807, 2.05) is 0 Å². The summed E-state index contributed by atoms with van der Waals surface area (Å²) in [5, 5.41) is 10.7. The quantitative estimate of drug-likeness (QED) is 0.144. The molecule has 0 radical (unpaired) electrons. The molecule has 14 heteroatoms. The highest BCUT2D eigenvalue weighted by molar-refractivity contribution is 7.17. The number of rotatable bonds is 11. The number of aromatic amines is 1. The number of H-pyrrole nitrogens is 1. The Hall–Kier alpha value is -3.38. The molecule has 0 aliphatic heterocycles. The van der Waals surface area contributed by atoms with Gasteiger partial charge in [0.15, 0.2) is 11.5 Å². The number of nitrogens with zero attached hydrogens (tertiary/aromatic N) is 3. The van der Waals surface area contributed by atoms with Gasteiger partial charge in [-0.2, -0.15) is 9.97 Å². The van der Waals surface area contributed by atoms with Crippen LogP contribution in [0.3, 0.4) is 0 Å². The number of methoxy groups -OCH3 is 1. The molecular formula is C22H29N5O8P+. The number of hydrogen-bond acceptors (Lipinski definition) is 11. The number of nitrogen functional groups attached to an aromatic ring is 1. The standard InChI is InChI=1S/C22H28N5O8P/c1-21(2,3)18(28)34-22(30,35-36-31)11-13-6-5-7-14(10-13)12-27-17-15(24-20(27)29)16(23)25-19(26-17)33-9-8-32-4/h5-7,10,30,36H,8-9,11-12H2,1-4H3,(H2-,23,24,25,26,29)/p+1. The lowest BCUT2D eigenvalue weighted by Crippen LogP contribution is -2.41. The number of hydrogen-bond donors (Lipinski definition) is 3. The van der Waals surface area contributed by atoms with Gasteiger partial charge in [-0.25, -0.2) is 4.79 Å². The smallest absolute Gasteiger partial charge is 0.461 e. The largest absolute Gasteiger partial charge is 0.500 e. The molecule has 0 aliphatic carbocycles. The zero-order valence-corrected chi connectivity index (χ0v) is 21.4. The van der Waals surface area contributed by atoms with E-state index in [1.165, 1.54) is 11.7 Å². The van der Waals surface area contributed by atoms with Crippen molar-refractivity contribution in [3.8, 4) is 6.01 Å². The van der Waals surface area contributed by atoms with Crippen molar-refractivity contribution < 1.29 is 33.2 Å². The van der Waals surface area contributed by atoms with Crippen LogP contribution in [0, 0.1) is 5.41 Å². The highest BCUT2D eigenvalue weighted by Crippen LogP contribution is 2.27. The summed E-state index contributed by atoms with van der Waals surface area (Å²) in [5.41, 5.74) is 6.27. The molecule has 36 heavy (non-hydrogen) atoms. The first-order valence-electron chi connectivity index (χ1n) is 10.9. The van der Waals surface area contributed by atoms with E-state index in [4.69, 9.17) is 24.5 Å². The van der Waals surface area contributed by atoms with Crippen molar-refractivity contribution in [2.24, 2.45) is 5.41 Å². The number of fused-ring (bicyclic) bond motifs is 1. The van der Waals surface area contributed by atoms with Gasteiger partial charge in [0, 0.05) is 7.11 Å². The SMILES string of the molecule is COCCOc1nc(N)c2[nH]c(=O)n(Cc3cccc(CC(O)(O[PH+]=O)OC(=O)C(C)(C)C)c3)c2n1. The maximum absolute atomic E-state index is 12.7. The molecule has 3 rings (SSSR count). The second-order valence-electron chi connectivity index (χ2n) is 8.98. The molecule has 2 unspecified atom stereocenters. The number of aromatic nitrogens is 4. The van der Waals surface area contributed by atoms with Crippen molar-refractivity contribution >= 4 is 31.6 Å². The van der Waals surface area contributed by atoms with Crippen LogP contribution < -0.4 is 16.2 Å². The lowest BCUT2D eigenvalue weighted by molar-refractivity contribution is -0.302. The van der Waals surface area contributed by atoms with Crippen molar-refractivity contribution in [1.29, 1.82) is 0 Å². The number of imidazole rings is 1. The summed E-state index contributed by atoms with van der Waals surface area (Å²) in [7, 11) is 0.165. The summed E-state index contributed by atoms with van der Waals surface area (Å²) in [6.07, 6.45) is -0.298. The van der Waals surface area contributed by atoms with Gasteiger partial charge in [-0.3, -0.25) is 9.36 Å². The molecule has 0 bridgehead atoms. The molecule has 0 saturated heterocycles. The van der Waals surface area contributed by atoms with Crippen molar-refractivity contribution in [1.82, 2.24) is 19.5 Å². The zero-order valence-electron chi connectivity index (χ0n) is 20.4. The van der Waals surface area contributed by atoms with Gasteiger partial charge in [0.05, 0.1) is 25.0 Å². The number of carbonyl (C=O) groups is 1. The summed E-state index contributed by atoms with van der Waals surface area (Å²) in [5.74, 6) is -3.11. The first kappa shape index (κ1) is 27.2. The van der Waals surface area contributed by atoms with Crippen LogP contribution in [0.2, 0.25) is 0 Å². The van der Waals surface area contributed by atoms with Crippen molar-refractivity contribution in [2.75, 3.05) is 26.1 Å². The monoisotopic (exact) mass is 522 g/mol. The number of benzene rings is 1. The van der Waals surface area contributed by atoms with Crippen LogP contribution in [0.5, 0.6) is 6.01 Å². The molecule has 2 aromatic heterocycles. The van der Waals surface area contributed by atoms with E-state index in [0.717, 1.165) is 0 Å². The van der Waals surface area contributed by atoms with Gasteiger partial charge in [-0.15, -0.1) is 0 Å². The molecule has 0 amide bonds. The van der Waals surface area contributed by atoms with Gasteiger partial charge in [0.2, 0.25) is 0 Å². The lowest BCUT2D eigenvalue weighted by atomic mass is 9.97. The molecule has 13 nitrogen and oxygen atoms in total. The maximum Gasteiger partial charge on any atom is 0.500 e. The van der Waals surface area contributed by atoms with Crippen LogP contribution in [0.1, 0.15) is 31.9 Å². The van der Waals surface area contributed by atoms with E-state index in [-0.39, 0.29) is 42.6 Å². The van der Waals surface area contributed by atoms with Crippen molar-refractivity contribution in [3.05, 3.63) is 45.9 Å². The predicted molar refractivity (Wildman–Crippen MR) is 130 cm³/mol. The Balaban J connectivity index is 1.88. The summed E-state index contributed by atoms with van der Waals surface area (Å²) < 4.78 is 32.8. The minimum Gasteiger partial charge on any atom is -0.461 e. The Labute approximate surface area is 207 Å². The van der Waals surface area contributed by atoms with Gasteiger partial charge < -0.3 is 30.0 Å². The summed E-state index contributed by atoms with van der Waals surface area (Å²) in [4.78, 5) is 35.9. The molecule has 1 aromatic carbocycles. The number of esters is 1. The Morgan fingerprint density at radius 1 is 1.22 bits per heavy atom. The van der Waals surface area contributed by atoms with Crippen LogP contribution >= 0.6 is 8.69 Å². The van der Waals surface area contributed by atoms with E-state index in [0.29, 0.717) is 17.7 Å².